The zero-order chi connectivity index (χ0) is 27.2. The second-order valence-corrected chi connectivity index (χ2v) is 9.16. The Bertz CT molecular complexity index is 1140. The first kappa shape index (κ1) is 28.9. The van der Waals surface area contributed by atoms with E-state index in [0.717, 1.165) is 24.0 Å². The van der Waals surface area contributed by atoms with Crippen LogP contribution in [0.5, 0.6) is 5.75 Å². The van der Waals surface area contributed by atoms with Crippen LogP contribution in [0.25, 0.3) is 0 Å². The molecule has 0 spiro atoms. The summed E-state index contributed by atoms with van der Waals surface area (Å²) in [5.74, 6) is -0.368. The minimum absolute atomic E-state index is 0.00556. The monoisotopic (exact) mass is 540 g/mol. The molecule has 3 rings (SSSR count). The molecule has 8 heteroatoms. The summed E-state index contributed by atoms with van der Waals surface area (Å²) in [6, 6.07) is 19.4. The molecule has 200 valence electrons. The maximum absolute atomic E-state index is 13.4. The summed E-state index contributed by atoms with van der Waals surface area (Å²) in [7, 11) is 0. The van der Waals surface area contributed by atoms with E-state index in [9.17, 15) is 18.4 Å². The van der Waals surface area contributed by atoms with Gasteiger partial charge in [-0.05, 0) is 72.5 Å². The number of halogens is 3. The number of hydrogen-bond acceptors (Lipinski definition) is 3. The Hall–Kier alpha value is -3.71. The third-order valence-corrected chi connectivity index (χ3v) is 6.13. The normalized spacial score (nSPS) is 11.1. The number of unbranched alkanes of at least 4 members (excludes halogenated alkanes) is 1. The topological polar surface area (TPSA) is 67.4 Å². The van der Waals surface area contributed by atoms with Gasteiger partial charge in [-0.2, -0.15) is 0 Å². The summed E-state index contributed by atoms with van der Waals surface area (Å²) in [4.78, 5) is 24.0. The molecule has 0 saturated heterocycles. The van der Waals surface area contributed by atoms with Crippen LogP contribution in [0.3, 0.4) is 0 Å². The van der Waals surface area contributed by atoms with Crippen LogP contribution in [0.4, 0.5) is 8.78 Å². The maximum Gasteiger partial charge on any atom is 0.258 e. The summed E-state index contributed by atoms with van der Waals surface area (Å²) in [6.07, 6.45) is 6.15. The molecule has 0 unspecified atom stereocenters. The predicted molar refractivity (Wildman–Crippen MR) is 145 cm³/mol. The van der Waals surface area contributed by atoms with Gasteiger partial charge in [-0.3, -0.25) is 9.59 Å². The van der Waals surface area contributed by atoms with Crippen molar-refractivity contribution in [3.63, 3.8) is 0 Å². The molecule has 38 heavy (non-hydrogen) atoms. The summed E-state index contributed by atoms with van der Waals surface area (Å²) >= 11 is 5.81. The number of rotatable bonds is 14. The van der Waals surface area contributed by atoms with E-state index < -0.39 is 0 Å². The van der Waals surface area contributed by atoms with Crippen LogP contribution in [-0.4, -0.2) is 31.5 Å². The number of carbonyl (C=O) groups is 2. The lowest BCUT2D eigenvalue weighted by Gasteiger charge is -2.18. The van der Waals surface area contributed by atoms with Gasteiger partial charge in [0, 0.05) is 30.5 Å². The molecule has 3 aromatic rings. The van der Waals surface area contributed by atoms with Crippen LogP contribution < -0.4 is 15.4 Å². The second kappa shape index (κ2) is 15.5. The van der Waals surface area contributed by atoms with Crippen molar-refractivity contribution in [3.8, 4) is 5.75 Å². The Balaban J connectivity index is 1.31. The highest BCUT2D eigenvalue weighted by atomic mass is 35.5. The number of nitrogens with one attached hydrogen (secondary N) is 2. The largest absolute Gasteiger partial charge is 0.484 e. The highest BCUT2D eigenvalue weighted by molar-refractivity contribution is 6.30. The van der Waals surface area contributed by atoms with Gasteiger partial charge in [-0.25, -0.2) is 8.78 Å². The quantitative estimate of drug-likeness (QED) is 0.189. The average molecular weight is 541 g/mol. The first-order valence-electron chi connectivity index (χ1n) is 12.5. The first-order chi connectivity index (χ1) is 18.4. The van der Waals surface area contributed by atoms with E-state index in [1.54, 1.807) is 60.7 Å². The van der Waals surface area contributed by atoms with Crippen molar-refractivity contribution in [1.29, 1.82) is 0 Å². The molecule has 5 nitrogen and oxygen atoms in total. The minimum atomic E-state index is -0.303. The van der Waals surface area contributed by atoms with Crippen molar-refractivity contribution in [2.75, 3.05) is 19.7 Å². The number of carbonyl (C=O) groups excluding carboxylic acids is 2. The van der Waals surface area contributed by atoms with Crippen molar-refractivity contribution in [1.82, 2.24) is 10.6 Å². The summed E-state index contributed by atoms with van der Waals surface area (Å²) in [5.41, 5.74) is 1.91. The van der Waals surface area contributed by atoms with Gasteiger partial charge in [-0.15, -0.1) is 0 Å². The smallest absolute Gasteiger partial charge is 0.258 e. The lowest BCUT2D eigenvalue weighted by molar-refractivity contribution is -0.123. The zero-order valence-corrected chi connectivity index (χ0v) is 21.7. The maximum atomic E-state index is 13.4. The van der Waals surface area contributed by atoms with Gasteiger partial charge in [0.15, 0.2) is 6.61 Å². The third-order valence-electron chi connectivity index (χ3n) is 5.88. The van der Waals surface area contributed by atoms with E-state index in [-0.39, 0.29) is 36.0 Å². The van der Waals surface area contributed by atoms with Crippen LogP contribution in [0.15, 0.2) is 84.9 Å². The lowest BCUT2D eigenvalue weighted by Crippen LogP contribution is -2.29. The van der Waals surface area contributed by atoms with Crippen molar-refractivity contribution < 1.29 is 23.1 Å². The van der Waals surface area contributed by atoms with E-state index in [1.807, 2.05) is 0 Å². The van der Waals surface area contributed by atoms with E-state index in [2.05, 4.69) is 10.6 Å². The van der Waals surface area contributed by atoms with E-state index in [1.165, 1.54) is 24.3 Å². The molecule has 0 radical (unpaired) electrons. The van der Waals surface area contributed by atoms with Crippen molar-refractivity contribution in [2.24, 2.45) is 0 Å². The number of amides is 2. The number of benzene rings is 3. The fourth-order valence-corrected chi connectivity index (χ4v) is 4.01. The molecular formula is C30H31ClF2N2O3. The molecule has 0 aliphatic heterocycles. The molecule has 0 atom stereocenters. The van der Waals surface area contributed by atoms with Gasteiger partial charge < -0.3 is 15.4 Å². The van der Waals surface area contributed by atoms with E-state index in [0.29, 0.717) is 36.7 Å². The summed E-state index contributed by atoms with van der Waals surface area (Å²) in [6.45, 7) is 0.589. The van der Waals surface area contributed by atoms with Gasteiger partial charge in [0.2, 0.25) is 5.91 Å². The van der Waals surface area contributed by atoms with Gasteiger partial charge >= 0.3 is 0 Å². The Morgan fingerprint density at radius 3 is 1.84 bits per heavy atom. The Kier molecular flexibility index (Phi) is 11.8. The van der Waals surface area contributed by atoms with Crippen molar-refractivity contribution in [2.45, 2.75) is 31.6 Å². The average Bonchev–Trinajstić information content (AvgIpc) is 2.92. The minimum Gasteiger partial charge on any atom is -0.484 e. The van der Waals surface area contributed by atoms with Gasteiger partial charge in [0.1, 0.15) is 17.4 Å². The molecule has 3 aromatic carbocycles. The Morgan fingerprint density at radius 2 is 1.29 bits per heavy atom. The zero-order valence-electron chi connectivity index (χ0n) is 21.0. The van der Waals surface area contributed by atoms with Crippen LogP contribution >= 0.6 is 11.6 Å². The predicted octanol–water partition coefficient (Wildman–Crippen LogP) is 6.18. The van der Waals surface area contributed by atoms with E-state index >= 15 is 0 Å². The lowest BCUT2D eigenvalue weighted by atomic mass is 9.87. The molecule has 0 heterocycles. The highest BCUT2D eigenvalue weighted by Crippen LogP contribution is 2.30. The number of ether oxygens (including phenoxy) is 1. The van der Waals surface area contributed by atoms with Crippen LogP contribution in [0, 0.1) is 11.6 Å². The molecule has 0 bridgehead atoms. The SMILES string of the molecule is O=C(CCCCC(c1ccc(F)cc1)c1ccc(F)cc1)NC/C=C\CNC(=O)COc1ccc(Cl)cc1. The molecule has 2 N–H and O–H groups in total. The van der Waals surface area contributed by atoms with Gasteiger partial charge in [-0.1, -0.05) is 54.4 Å². The van der Waals surface area contributed by atoms with Gasteiger partial charge in [0.05, 0.1) is 0 Å². The third kappa shape index (κ3) is 10.3. The Labute approximate surface area is 226 Å². The van der Waals surface area contributed by atoms with Crippen molar-refractivity contribution in [3.05, 3.63) is 113 Å². The molecular weight excluding hydrogens is 510 g/mol. The highest BCUT2D eigenvalue weighted by Gasteiger charge is 2.15. The van der Waals surface area contributed by atoms with Crippen molar-refractivity contribution >= 4 is 23.4 Å². The first-order valence-corrected chi connectivity index (χ1v) is 12.9. The van der Waals surface area contributed by atoms with Crippen LogP contribution in [-0.2, 0) is 9.59 Å². The molecule has 0 aromatic heterocycles. The standard InChI is InChI=1S/C30H31ClF2N2O3/c31-24-11-17-27(18-12-24)38-21-30(37)35-20-4-3-19-34-29(36)6-2-1-5-28(22-7-13-25(32)14-8-22)23-9-15-26(33)16-10-23/h3-4,7-18,28H,1-2,5-6,19-21H2,(H,34,36)(H,35,37)/b4-3-. The number of hydrogen-bond donors (Lipinski definition) is 2. The van der Waals surface area contributed by atoms with Crippen LogP contribution in [0.1, 0.15) is 42.7 Å². The molecule has 0 saturated carbocycles. The fourth-order valence-electron chi connectivity index (χ4n) is 3.88. The summed E-state index contributed by atoms with van der Waals surface area (Å²) in [5, 5.41) is 6.13. The van der Waals surface area contributed by atoms with Gasteiger partial charge in [0.25, 0.3) is 5.91 Å². The van der Waals surface area contributed by atoms with E-state index in [4.69, 9.17) is 16.3 Å². The van der Waals surface area contributed by atoms with Crippen LogP contribution in [0.2, 0.25) is 5.02 Å². The second-order valence-electron chi connectivity index (χ2n) is 8.72. The molecule has 0 aliphatic carbocycles. The Morgan fingerprint density at radius 1 is 0.763 bits per heavy atom. The molecule has 2 amide bonds. The molecule has 0 fully saturated rings. The fraction of sp³-hybridized carbons (Fsp3) is 0.267. The summed E-state index contributed by atoms with van der Waals surface area (Å²) < 4.78 is 32.1. The molecule has 0 aliphatic rings.